The summed E-state index contributed by atoms with van der Waals surface area (Å²) in [6.07, 6.45) is 5.33. The Morgan fingerprint density at radius 1 is 1.36 bits per heavy atom. The van der Waals surface area contributed by atoms with Crippen LogP contribution >= 0.6 is 12.4 Å². The summed E-state index contributed by atoms with van der Waals surface area (Å²) in [6.45, 7) is 4.41. The fraction of sp³-hybridized carbons (Fsp3) is 0.278. The van der Waals surface area contributed by atoms with Crippen molar-refractivity contribution in [1.29, 1.82) is 0 Å². The maximum atomic E-state index is 11.3. The molecular formula is C18H18ClN3O3. The van der Waals surface area contributed by atoms with Gasteiger partial charge in [-0.3, -0.25) is 9.67 Å². The van der Waals surface area contributed by atoms with E-state index in [1.54, 1.807) is 13.1 Å². The molecule has 1 aliphatic rings. The lowest BCUT2D eigenvalue weighted by atomic mass is 9.94. The fourth-order valence-electron chi connectivity index (χ4n) is 3.31. The summed E-state index contributed by atoms with van der Waals surface area (Å²) >= 11 is 0. The van der Waals surface area contributed by atoms with E-state index in [2.05, 4.69) is 4.98 Å². The van der Waals surface area contributed by atoms with Crippen LogP contribution in [0.3, 0.4) is 0 Å². The molecule has 1 aliphatic carbocycles. The SMILES string of the molecule is Cc1ncccc1Cn1cc2c(n1)-c1c(oc(C(=O)O)c1C)CC2.Cl. The van der Waals surface area contributed by atoms with Crippen LogP contribution in [0.15, 0.2) is 28.9 Å². The topological polar surface area (TPSA) is 81.2 Å². The van der Waals surface area contributed by atoms with Crippen LogP contribution in [0, 0.1) is 13.8 Å². The largest absolute Gasteiger partial charge is 0.475 e. The van der Waals surface area contributed by atoms with E-state index in [0.29, 0.717) is 18.5 Å². The van der Waals surface area contributed by atoms with Gasteiger partial charge in [-0.15, -0.1) is 12.4 Å². The zero-order chi connectivity index (χ0) is 16.8. The molecule has 25 heavy (non-hydrogen) atoms. The molecule has 4 rings (SSSR count). The lowest BCUT2D eigenvalue weighted by molar-refractivity contribution is 0.0659. The van der Waals surface area contributed by atoms with Crippen LogP contribution in [-0.2, 0) is 19.4 Å². The van der Waals surface area contributed by atoms with E-state index >= 15 is 0 Å². The van der Waals surface area contributed by atoms with Crippen molar-refractivity contribution in [2.75, 3.05) is 0 Å². The Morgan fingerprint density at radius 2 is 2.16 bits per heavy atom. The lowest BCUT2D eigenvalue weighted by Gasteiger charge is -2.09. The number of hydrogen-bond acceptors (Lipinski definition) is 4. The normalized spacial score (nSPS) is 12.2. The molecule has 0 saturated heterocycles. The Balaban J connectivity index is 0.00000182. The van der Waals surface area contributed by atoms with Crippen LogP contribution in [0.25, 0.3) is 11.3 Å². The molecule has 1 N–H and O–H groups in total. The zero-order valence-electron chi connectivity index (χ0n) is 13.9. The summed E-state index contributed by atoms with van der Waals surface area (Å²) in [5, 5.41) is 14.0. The van der Waals surface area contributed by atoms with Gasteiger partial charge in [0.1, 0.15) is 5.76 Å². The standard InChI is InChI=1S/C18H17N3O3.ClH/c1-10-15-14(24-17(10)18(22)23)6-5-13-9-21(20-16(13)15)8-12-4-3-7-19-11(12)2;/h3-4,7,9H,5-6,8H2,1-2H3,(H,22,23);1H. The summed E-state index contributed by atoms with van der Waals surface area (Å²) in [6, 6.07) is 3.96. The number of hydrogen-bond donors (Lipinski definition) is 1. The van der Waals surface area contributed by atoms with Gasteiger partial charge in [-0.1, -0.05) is 6.07 Å². The molecule has 0 spiro atoms. The van der Waals surface area contributed by atoms with Gasteiger partial charge in [-0.25, -0.2) is 4.79 Å². The molecule has 0 aliphatic heterocycles. The van der Waals surface area contributed by atoms with Crippen molar-refractivity contribution in [3.05, 3.63) is 58.4 Å². The Labute approximate surface area is 150 Å². The number of aryl methyl sites for hydroxylation is 3. The monoisotopic (exact) mass is 359 g/mol. The number of furan rings is 1. The summed E-state index contributed by atoms with van der Waals surface area (Å²) in [4.78, 5) is 15.6. The van der Waals surface area contributed by atoms with Gasteiger partial charge in [0.15, 0.2) is 0 Å². The summed E-state index contributed by atoms with van der Waals surface area (Å²) < 4.78 is 7.44. The van der Waals surface area contributed by atoms with Crippen LogP contribution < -0.4 is 0 Å². The molecule has 6 nitrogen and oxygen atoms in total. The van der Waals surface area contributed by atoms with Gasteiger partial charge >= 0.3 is 5.97 Å². The van der Waals surface area contributed by atoms with E-state index in [-0.39, 0.29) is 18.2 Å². The number of pyridine rings is 1. The first-order valence-corrected chi connectivity index (χ1v) is 7.87. The molecule has 0 unspecified atom stereocenters. The third-order valence-corrected chi connectivity index (χ3v) is 4.56. The molecule has 3 aromatic rings. The predicted molar refractivity (Wildman–Crippen MR) is 94.4 cm³/mol. The van der Waals surface area contributed by atoms with Crippen molar-refractivity contribution in [3.8, 4) is 11.3 Å². The Bertz CT molecular complexity index is 959. The van der Waals surface area contributed by atoms with Gasteiger partial charge in [0, 0.05) is 35.6 Å². The van der Waals surface area contributed by atoms with Crippen LogP contribution in [-0.4, -0.2) is 25.8 Å². The van der Waals surface area contributed by atoms with Crippen molar-refractivity contribution in [3.63, 3.8) is 0 Å². The molecule has 0 atom stereocenters. The Morgan fingerprint density at radius 3 is 2.88 bits per heavy atom. The molecular weight excluding hydrogens is 342 g/mol. The summed E-state index contributed by atoms with van der Waals surface area (Å²) in [5.74, 6) is -0.292. The Hall–Kier alpha value is -2.60. The van der Waals surface area contributed by atoms with Crippen LogP contribution in [0.2, 0.25) is 0 Å². The lowest BCUT2D eigenvalue weighted by Crippen LogP contribution is -2.03. The number of aromatic nitrogens is 3. The van der Waals surface area contributed by atoms with Crippen LogP contribution in [0.1, 0.15) is 38.7 Å². The fourth-order valence-corrected chi connectivity index (χ4v) is 3.31. The van der Waals surface area contributed by atoms with Gasteiger partial charge in [0.2, 0.25) is 5.76 Å². The number of aromatic carboxylic acids is 1. The molecule has 0 radical (unpaired) electrons. The summed E-state index contributed by atoms with van der Waals surface area (Å²) in [7, 11) is 0. The molecule has 3 aromatic heterocycles. The maximum Gasteiger partial charge on any atom is 0.372 e. The van der Waals surface area contributed by atoms with Gasteiger partial charge in [-0.05, 0) is 37.5 Å². The number of carboxylic acid groups (broad SMARTS) is 1. The molecule has 0 saturated carbocycles. The minimum Gasteiger partial charge on any atom is -0.475 e. The van der Waals surface area contributed by atoms with Gasteiger partial charge in [0.25, 0.3) is 0 Å². The first kappa shape index (κ1) is 17.2. The highest BCUT2D eigenvalue weighted by Crippen LogP contribution is 2.38. The van der Waals surface area contributed by atoms with Crippen molar-refractivity contribution in [1.82, 2.24) is 14.8 Å². The molecule has 3 heterocycles. The number of carboxylic acids is 1. The second-order valence-electron chi connectivity index (χ2n) is 6.11. The highest BCUT2D eigenvalue weighted by molar-refractivity contribution is 5.90. The highest BCUT2D eigenvalue weighted by Gasteiger charge is 2.29. The van der Waals surface area contributed by atoms with E-state index in [4.69, 9.17) is 9.52 Å². The smallest absolute Gasteiger partial charge is 0.372 e. The highest BCUT2D eigenvalue weighted by atomic mass is 35.5. The molecule has 0 fully saturated rings. The number of halogens is 1. The van der Waals surface area contributed by atoms with Gasteiger partial charge < -0.3 is 9.52 Å². The van der Waals surface area contributed by atoms with Crippen molar-refractivity contribution in [2.24, 2.45) is 0 Å². The number of carbonyl (C=O) groups is 1. The minimum atomic E-state index is -1.03. The first-order chi connectivity index (χ1) is 11.5. The predicted octanol–water partition coefficient (Wildman–Crippen LogP) is 3.42. The van der Waals surface area contributed by atoms with E-state index in [9.17, 15) is 9.90 Å². The molecule has 130 valence electrons. The van der Waals surface area contributed by atoms with E-state index in [0.717, 1.165) is 40.3 Å². The molecule has 0 bridgehead atoms. The van der Waals surface area contributed by atoms with Gasteiger partial charge in [-0.2, -0.15) is 5.10 Å². The first-order valence-electron chi connectivity index (χ1n) is 7.87. The summed E-state index contributed by atoms with van der Waals surface area (Å²) in [5.41, 5.74) is 5.57. The van der Waals surface area contributed by atoms with E-state index < -0.39 is 5.97 Å². The second kappa shape index (κ2) is 6.37. The quantitative estimate of drug-likeness (QED) is 0.774. The number of rotatable bonds is 3. The molecule has 0 amide bonds. The van der Waals surface area contributed by atoms with E-state index in [1.807, 2.05) is 29.9 Å². The second-order valence-corrected chi connectivity index (χ2v) is 6.11. The average Bonchev–Trinajstić information content (AvgIpc) is 3.10. The van der Waals surface area contributed by atoms with Crippen LogP contribution in [0.5, 0.6) is 0 Å². The maximum absolute atomic E-state index is 11.3. The van der Waals surface area contributed by atoms with Crippen molar-refractivity contribution in [2.45, 2.75) is 33.2 Å². The van der Waals surface area contributed by atoms with Crippen LogP contribution in [0.4, 0.5) is 0 Å². The van der Waals surface area contributed by atoms with Gasteiger partial charge in [0.05, 0.1) is 12.2 Å². The average molecular weight is 360 g/mol. The van der Waals surface area contributed by atoms with Crippen molar-refractivity contribution < 1.29 is 14.3 Å². The van der Waals surface area contributed by atoms with E-state index in [1.165, 1.54) is 0 Å². The number of nitrogens with zero attached hydrogens (tertiary/aromatic N) is 3. The minimum absolute atomic E-state index is 0. The Kier molecular flexibility index (Phi) is 4.39. The molecule has 7 heteroatoms. The third-order valence-electron chi connectivity index (χ3n) is 4.56. The third kappa shape index (κ3) is 2.82. The van der Waals surface area contributed by atoms with Crippen molar-refractivity contribution >= 4 is 18.4 Å². The zero-order valence-corrected chi connectivity index (χ0v) is 14.8. The molecule has 0 aromatic carbocycles. The number of fused-ring (bicyclic) bond motifs is 3.